The predicted octanol–water partition coefficient (Wildman–Crippen LogP) is 2.26. The van der Waals surface area contributed by atoms with Crippen molar-refractivity contribution in [3.63, 3.8) is 0 Å². The normalized spacial score (nSPS) is 33.3. The Hall–Kier alpha value is -1.44. The van der Waals surface area contributed by atoms with Crippen molar-refractivity contribution in [2.45, 2.75) is 24.7 Å². The van der Waals surface area contributed by atoms with Gasteiger partial charge in [-0.3, -0.25) is 9.78 Å². The molecule has 1 fully saturated rings. The number of carbonyl (C=O) groups is 1. The van der Waals surface area contributed by atoms with Crippen LogP contribution in [0.25, 0.3) is 0 Å². The lowest BCUT2D eigenvalue weighted by molar-refractivity contribution is -0.126. The first-order valence-corrected chi connectivity index (χ1v) is 5.44. The van der Waals surface area contributed by atoms with Crippen LogP contribution in [0.3, 0.4) is 0 Å². The second-order valence-electron chi connectivity index (χ2n) is 4.50. The Morgan fingerprint density at radius 3 is 3.00 bits per heavy atom. The molecule has 2 nitrogen and oxygen atoms in total. The van der Waals surface area contributed by atoms with Crippen LogP contribution in [0.4, 0.5) is 0 Å². The number of hydrogen-bond donors (Lipinski definition) is 0. The van der Waals surface area contributed by atoms with E-state index in [1.165, 1.54) is 0 Å². The summed E-state index contributed by atoms with van der Waals surface area (Å²) < 4.78 is 0. The molecule has 0 amide bonds. The topological polar surface area (TPSA) is 30.0 Å². The van der Waals surface area contributed by atoms with Crippen molar-refractivity contribution >= 4 is 5.78 Å². The van der Waals surface area contributed by atoms with E-state index in [0.717, 1.165) is 18.4 Å². The van der Waals surface area contributed by atoms with Gasteiger partial charge >= 0.3 is 0 Å². The molecule has 0 aliphatic heterocycles. The Bertz CT molecular complexity index is 423. The van der Waals surface area contributed by atoms with Gasteiger partial charge in [-0.2, -0.15) is 0 Å². The Balaban J connectivity index is 2.13. The second kappa shape index (κ2) is 3.02. The number of nitrogens with zero attached hydrogens (tertiary/aromatic N) is 1. The minimum Gasteiger partial charge on any atom is -0.298 e. The van der Waals surface area contributed by atoms with E-state index in [2.05, 4.69) is 17.1 Å². The Morgan fingerprint density at radius 1 is 1.47 bits per heavy atom. The Kier molecular flexibility index (Phi) is 1.78. The van der Waals surface area contributed by atoms with E-state index in [9.17, 15) is 4.79 Å². The molecule has 1 saturated carbocycles. The summed E-state index contributed by atoms with van der Waals surface area (Å²) in [4.78, 5) is 16.2. The number of Topliss-reactive ketones (excluding diaryl/α,β-unsaturated/α-hetero) is 1. The summed E-state index contributed by atoms with van der Waals surface area (Å²) in [6.45, 7) is 0. The van der Waals surface area contributed by atoms with Crippen LogP contribution in [0.1, 0.15) is 24.8 Å². The number of fused-ring (bicyclic) bond motifs is 2. The monoisotopic (exact) mass is 199 g/mol. The Labute approximate surface area is 89.0 Å². The second-order valence-corrected chi connectivity index (χ2v) is 4.50. The van der Waals surface area contributed by atoms with E-state index >= 15 is 0 Å². The fourth-order valence-electron chi connectivity index (χ4n) is 2.74. The van der Waals surface area contributed by atoms with E-state index in [1.54, 1.807) is 6.20 Å². The summed E-state index contributed by atoms with van der Waals surface area (Å²) in [7, 11) is 0. The third kappa shape index (κ3) is 1.17. The molecule has 1 heterocycles. The quantitative estimate of drug-likeness (QED) is 0.649. The first-order chi connectivity index (χ1) is 7.31. The molecule has 2 atom stereocenters. The molecule has 2 bridgehead atoms. The summed E-state index contributed by atoms with van der Waals surface area (Å²) >= 11 is 0. The smallest absolute Gasteiger partial charge is 0.147 e. The maximum absolute atomic E-state index is 12.1. The SMILES string of the molecule is O=C1CC2C=CC1(c1cccnc1)CC2. The van der Waals surface area contributed by atoms with Crippen LogP contribution in [0, 0.1) is 5.92 Å². The van der Waals surface area contributed by atoms with Gasteiger partial charge in [-0.25, -0.2) is 0 Å². The number of carbonyl (C=O) groups excluding carboxylic acids is 1. The van der Waals surface area contributed by atoms with Crippen LogP contribution in [0.5, 0.6) is 0 Å². The largest absolute Gasteiger partial charge is 0.298 e. The van der Waals surface area contributed by atoms with Gasteiger partial charge in [0.2, 0.25) is 0 Å². The van der Waals surface area contributed by atoms with E-state index in [1.807, 2.05) is 18.3 Å². The van der Waals surface area contributed by atoms with Gasteiger partial charge in [0, 0.05) is 18.8 Å². The van der Waals surface area contributed by atoms with Gasteiger partial charge in [-0.1, -0.05) is 18.2 Å². The number of pyridine rings is 1. The first-order valence-electron chi connectivity index (χ1n) is 5.44. The average molecular weight is 199 g/mol. The van der Waals surface area contributed by atoms with Crippen LogP contribution in [-0.4, -0.2) is 10.8 Å². The van der Waals surface area contributed by atoms with Gasteiger partial charge in [-0.05, 0) is 30.4 Å². The highest BCUT2D eigenvalue weighted by Crippen LogP contribution is 2.44. The van der Waals surface area contributed by atoms with E-state index in [-0.39, 0.29) is 5.41 Å². The Morgan fingerprint density at radius 2 is 2.40 bits per heavy atom. The summed E-state index contributed by atoms with van der Waals surface area (Å²) in [5.41, 5.74) is 0.715. The third-order valence-corrected chi connectivity index (χ3v) is 3.68. The van der Waals surface area contributed by atoms with E-state index in [0.29, 0.717) is 18.1 Å². The van der Waals surface area contributed by atoms with Crippen molar-refractivity contribution < 1.29 is 4.79 Å². The van der Waals surface area contributed by atoms with Crippen LogP contribution >= 0.6 is 0 Å². The van der Waals surface area contributed by atoms with Gasteiger partial charge in [0.25, 0.3) is 0 Å². The summed E-state index contributed by atoms with van der Waals surface area (Å²) in [6.07, 6.45) is 10.7. The molecule has 0 radical (unpaired) electrons. The summed E-state index contributed by atoms with van der Waals surface area (Å²) in [6, 6.07) is 3.92. The fraction of sp³-hybridized carbons (Fsp3) is 0.385. The van der Waals surface area contributed by atoms with Gasteiger partial charge < -0.3 is 0 Å². The third-order valence-electron chi connectivity index (χ3n) is 3.68. The molecule has 0 spiro atoms. The van der Waals surface area contributed by atoms with Gasteiger partial charge in [0.05, 0.1) is 5.41 Å². The van der Waals surface area contributed by atoms with Crippen molar-refractivity contribution in [2.75, 3.05) is 0 Å². The maximum atomic E-state index is 12.1. The summed E-state index contributed by atoms with van der Waals surface area (Å²) in [5.74, 6) is 0.866. The molecule has 15 heavy (non-hydrogen) atoms. The van der Waals surface area contributed by atoms with Crippen LogP contribution in [-0.2, 0) is 10.2 Å². The first kappa shape index (κ1) is 8.84. The number of ketones is 1. The lowest BCUT2D eigenvalue weighted by atomic mass is 9.62. The summed E-state index contributed by atoms with van der Waals surface area (Å²) in [5, 5.41) is 0. The van der Waals surface area contributed by atoms with Crippen molar-refractivity contribution in [1.29, 1.82) is 0 Å². The van der Waals surface area contributed by atoms with Crippen molar-refractivity contribution in [2.24, 2.45) is 5.92 Å². The molecule has 2 heteroatoms. The molecule has 1 aromatic heterocycles. The van der Waals surface area contributed by atoms with Crippen molar-refractivity contribution in [3.8, 4) is 0 Å². The highest BCUT2D eigenvalue weighted by Gasteiger charge is 2.44. The fourth-order valence-corrected chi connectivity index (χ4v) is 2.74. The van der Waals surface area contributed by atoms with Crippen molar-refractivity contribution in [1.82, 2.24) is 4.98 Å². The zero-order valence-corrected chi connectivity index (χ0v) is 8.52. The number of rotatable bonds is 1. The molecule has 0 N–H and O–H groups in total. The van der Waals surface area contributed by atoms with E-state index < -0.39 is 0 Å². The highest BCUT2D eigenvalue weighted by molar-refractivity contribution is 5.94. The van der Waals surface area contributed by atoms with Gasteiger partial charge in [0.15, 0.2) is 0 Å². The minimum atomic E-state index is -0.344. The number of hydrogen-bond acceptors (Lipinski definition) is 2. The van der Waals surface area contributed by atoms with Crippen molar-refractivity contribution in [3.05, 3.63) is 42.2 Å². The standard InChI is InChI=1S/C13H13NO/c15-12-8-10-3-5-13(12,6-4-10)11-2-1-7-14-9-11/h1-3,5,7,9-10H,4,6,8H2. The zero-order chi connectivity index (χ0) is 10.3. The number of allylic oxidation sites excluding steroid dienone is 2. The molecular formula is C13H13NO. The average Bonchev–Trinajstić information content (AvgIpc) is 2.32. The van der Waals surface area contributed by atoms with Crippen LogP contribution < -0.4 is 0 Å². The van der Waals surface area contributed by atoms with Gasteiger partial charge in [0.1, 0.15) is 5.78 Å². The minimum absolute atomic E-state index is 0.344. The molecule has 0 aromatic carbocycles. The molecular weight excluding hydrogens is 186 g/mol. The molecule has 0 saturated heterocycles. The highest BCUT2D eigenvalue weighted by atomic mass is 16.1. The molecule has 76 valence electrons. The molecule has 2 unspecified atom stereocenters. The lowest BCUT2D eigenvalue weighted by Gasteiger charge is -2.40. The van der Waals surface area contributed by atoms with Crippen LogP contribution in [0.15, 0.2) is 36.7 Å². The molecule has 4 rings (SSSR count). The van der Waals surface area contributed by atoms with E-state index in [4.69, 9.17) is 0 Å². The van der Waals surface area contributed by atoms with Gasteiger partial charge in [-0.15, -0.1) is 0 Å². The molecule has 3 aliphatic carbocycles. The lowest BCUT2D eigenvalue weighted by Crippen LogP contribution is -2.42. The van der Waals surface area contributed by atoms with Crippen LogP contribution in [0.2, 0.25) is 0 Å². The maximum Gasteiger partial charge on any atom is 0.147 e. The molecule has 1 aromatic rings. The zero-order valence-electron chi connectivity index (χ0n) is 8.52. The molecule has 3 aliphatic rings. The predicted molar refractivity (Wildman–Crippen MR) is 57.4 cm³/mol. The number of aromatic nitrogens is 1.